The number of H-pyrrole nitrogens is 1. The zero-order chi connectivity index (χ0) is 19.1. The molecule has 3 aromatic rings. The van der Waals surface area contributed by atoms with E-state index in [1.807, 2.05) is 13.0 Å². The highest BCUT2D eigenvalue weighted by Crippen LogP contribution is 2.25. The number of aliphatic imine (C=N–C) groups is 1. The van der Waals surface area contributed by atoms with E-state index in [1.54, 1.807) is 7.11 Å². The van der Waals surface area contributed by atoms with Crippen LogP contribution in [-0.2, 0) is 4.74 Å². The summed E-state index contributed by atoms with van der Waals surface area (Å²) < 4.78 is 5.06. The zero-order valence-electron chi connectivity index (χ0n) is 15.7. The summed E-state index contributed by atoms with van der Waals surface area (Å²) in [6, 6.07) is 14.6. The largest absolute Gasteiger partial charge is 0.385 e. The molecule has 1 aromatic heterocycles. The molecule has 142 valence electrons. The van der Waals surface area contributed by atoms with Crippen LogP contribution in [0.5, 0.6) is 0 Å². The molecule has 27 heavy (non-hydrogen) atoms. The van der Waals surface area contributed by atoms with E-state index in [-0.39, 0.29) is 0 Å². The SMILES string of the molecule is CCN=C(N)Nc1nc2ccc(-c3ccc(NCCCOC)cc3)cc2[nH]1. The molecule has 2 aromatic carbocycles. The number of benzene rings is 2. The highest BCUT2D eigenvalue weighted by atomic mass is 16.5. The van der Waals surface area contributed by atoms with Crippen LogP contribution in [0, 0.1) is 0 Å². The van der Waals surface area contributed by atoms with Gasteiger partial charge in [0.1, 0.15) is 0 Å². The molecule has 7 heteroatoms. The van der Waals surface area contributed by atoms with Crippen LogP contribution in [0.3, 0.4) is 0 Å². The van der Waals surface area contributed by atoms with Gasteiger partial charge in [0.15, 0.2) is 5.96 Å². The monoisotopic (exact) mass is 366 g/mol. The number of hydrogen-bond acceptors (Lipinski definition) is 4. The Morgan fingerprint density at radius 1 is 1.19 bits per heavy atom. The first-order valence-electron chi connectivity index (χ1n) is 9.09. The van der Waals surface area contributed by atoms with Gasteiger partial charge in [-0.2, -0.15) is 0 Å². The van der Waals surface area contributed by atoms with Crippen LogP contribution in [0.1, 0.15) is 13.3 Å². The normalized spacial score (nSPS) is 11.7. The van der Waals surface area contributed by atoms with Crippen LogP contribution in [0.2, 0.25) is 0 Å². The quantitative estimate of drug-likeness (QED) is 0.278. The Hall–Kier alpha value is -3.06. The molecule has 0 bridgehead atoms. The fourth-order valence-corrected chi connectivity index (χ4v) is 2.81. The lowest BCUT2D eigenvalue weighted by Gasteiger charge is -2.07. The summed E-state index contributed by atoms with van der Waals surface area (Å²) in [5.74, 6) is 0.942. The molecule has 1 heterocycles. The van der Waals surface area contributed by atoms with E-state index >= 15 is 0 Å². The van der Waals surface area contributed by atoms with Gasteiger partial charge in [-0.1, -0.05) is 18.2 Å². The van der Waals surface area contributed by atoms with Crippen molar-refractivity contribution in [3.8, 4) is 11.1 Å². The van der Waals surface area contributed by atoms with Crippen molar-refractivity contribution in [2.45, 2.75) is 13.3 Å². The van der Waals surface area contributed by atoms with Gasteiger partial charge in [-0.25, -0.2) is 4.98 Å². The third-order valence-electron chi connectivity index (χ3n) is 4.13. The summed E-state index contributed by atoms with van der Waals surface area (Å²) in [5, 5.41) is 6.36. The minimum absolute atomic E-state index is 0.352. The van der Waals surface area contributed by atoms with Crippen molar-refractivity contribution in [1.82, 2.24) is 9.97 Å². The summed E-state index contributed by atoms with van der Waals surface area (Å²) >= 11 is 0. The van der Waals surface area contributed by atoms with E-state index in [4.69, 9.17) is 10.5 Å². The number of aromatic nitrogens is 2. The number of nitrogens with zero attached hydrogens (tertiary/aromatic N) is 2. The minimum atomic E-state index is 0.352. The number of ether oxygens (including phenoxy) is 1. The molecular weight excluding hydrogens is 340 g/mol. The van der Waals surface area contributed by atoms with Crippen molar-refractivity contribution >= 4 is 28.6 Å². The molecule has 0 fully saturated rings. The predicted octanol–water partition coefficient (Wildman–Crippen LogP) is 3.42. The Morgan fingerprint density at radius 2 is 1.96 bits per heavy atom. The topological polar surface area (TPSA) is 100 Å². The first kappa shape index (κ1) is 18.7. The van der Waals surface area contributed by atoms with E-state index in [1.165, 1.54) is 0 Å². The van der Waals surface area contributed by atoms with E-state index in [0.717, 1.165) is 47.4 Å². The summed E-state index contributed by atoms with van der Waals surface area (Å²) in [5.41, 5.74) is 11.0. The molecule has 3 rings (SSSR count). The summed E-state index contributed by atoms with van der Waals surface area (Å²) in [4.78, 5) is 11.8. The van der Waals surface area contributed by atoms with Crippen molar-refractivity contribution in [3.63, 3.8) is 0 Å². The number of rotatable bonds is 8. The Balaban J connectivity index is 1.72. The molecule has 0 unspecified atom stereocenters. The second kappa shape index (κ2) is 9.05. The number of anilines is 2. The molecule has 7 nitrogen and oxygen atoms in total. The number of imidazole rings is 1. The third-order valence-corrected chi connectivity index (χ3v) is 4.13. The van der Waals surface area contributed by atoms with Crippen LogP contribution in [-0.4, -0.2) is 42.7 Å². The maximum Gasteiger partial charge on any atom is 0.208 e. The standard InChI is InChI=1S/C20H26N6O/c1-3-22-19(21)26-20-24-17-10-7-15(13-18(17)25-20)14-5-8-16(9-6-14)23-11-4-12-27-2/h5-10,13,23H,3-4,11-12H2,1-2H3,(H4,21,22,24,25,26). The van der Waals surface area contributed by atoms with Gasteiger partial charge < -0.3 is 20.8 Å². The van der Waals surface area contributed by atoms with Gasteiger partial charge >= 0.3 is 0 Å². The molecule has 0 radical (unpaired) electrons. The minimum Gasteiger partial charge on any atom is -0.385 e. The average molecular weight is 366 g/mol. The second-order valence-electron chi connectivity index (χ2n) is 6.15. The van der Waals surface area contributed by atoms with Crippen molar-refractivity contribution in [1.29, 1.82) is 0 Å². The number of methoxy groups -OCH3 is 1. The number of fused-ring (bicyclic) bond motifs is 1. The summed E-state index contributed by atoms with van der Waals surface area (Å²) in [7, 11) is 1.72. The number of aromatic amines is 1. The lowest BCUT2D eigenvalue weighted by molar-refractivity contribution is 0.198. The van der Waals surface area contributed by atoms with E-state index in [0.29, 0.717) is 18.5 Å². The Labute approximate surface area is 159 Å². The molecule has 0 aliphatic rings. The van der Waals surface area contributed by atoms with E-state index in [2.05, 4.69) is 62.0 Å². The molecular formula is C20H26N6O. The van der Waals surface area contributed by atoms with Crippen molar-refractivity contribution in [2.24, 2.45) is 10.7 Å². The number of hydrogen-bond donors (Lipinski definition) is 4. The van der Waals surface area contributed by atoms with Crippen LogP contribution in [0.4, 0.5) is 11.6 Å². The molecule has 0 aliphatic heterocycles. The van der Waals surface area contributed by atoms with Gasteiger partial charge in [-0.3, -0.25) is 10.3 Å². The molecule has 5 N–H and O–H groups in total. The van der Waals surface area contributed by atoms with Gasteiger partial charge in [0.25, 0.3) is 0 Å². The number of nitrogens with one attached hydrogen (secondary N) is 3. The van der Waals surface area contributed by atoms with Gasteiger partial charge in [-0.15, -0.1) is 0 Å². The Bertz CT molecular complexity index is 900. The lowest BCUT2D eigenvalue weighted by atomic mass is 10.0. The maximum atomic E-state index is 5.79. The fraction of sp³-hybridized carbons (Fsp3) is 0.300. The summed E-state index contributed by atoms with van der Waals surface area (Å²) in [6.07, 6.45) is 0.985. The smallest absolute Gasteiger partial charge is 0.208 e. The van der Waals surface area contributed by atoms with Crippen LogP contribution >= 0.6 is 0 Å². The van der Waals surface area contributed by atoms with E-state index in [9.17, 15) is 0 Å². The zero-order valence-corrected chi connectivity index (χ0v) is 15.7. The fourth-order valence-electron chi connectivity index (χ4n) is 2.81. The highest BCUT2D eigenvalue weighted by Gasteiger charge is 2.06. The molecule has 0 spiro atoms. The highest BCUT2D eigenvalue weighted by molar-refractivity contribution is 5.93. The van der Waals surface area contributed by atoms with Crippen LogP contribution in [0.15, 0.2) is 47.5 Å². The lowest BCUT2D eigenvalue weighted by Crippen LogP contribution is -2.23. The van der Waals surface area contributed by atoms with Crippen LogP contribution in [0.25, 0.3) is 22.2 Å². The van der Waals surface area contributed by atoms with Crippen molar-refractivity contribution in [2.75, 3.05) is 37.4 Å². The van der Waals surface area contributed by atoms with Gasteiger partial charge in [0.05, 0.1) is 11.0 Å². The van der Waals surface area contributed by atoms with Crippen molar-refractivity contribution < 1.29 is 4.74 Å². The molecule has 0 amide bonds. The van der Waals surface area contributed by atoms with Gasteiger partial charge in [-0.05, 0) is 48.7 Å². The molecule has 0 saturated carbocycles. The van der Waals surface area contributed by atoms with E-state index < -0.39 is 0 Å². The van der Waals surface area contributed by atoms with Gasteiger partial charge in [0, 0.05) is 32.5 Å². The molecule has 0 atom stereocenters. The number of nitrogens with two attached hydrogens (primary N) is 1. The number of guanidine groups is 1. The predicted molar refractivity (Wildman–Crippen MR) is 112 cm³/mol. The third kappa shape index (κ3) is 4.98. The maximum absolute atomic E-state index is 5.79. The van der Waals surface area contributed by atoms with Crippen molar-refractivity contribution in [3.05, 3.63) is 42.5 Å². The van der Waals surface area contributed by atoms with Crippen LogP contribution < -0.4 is 16.4 Å². The summed E-state index contributed by atoms with van der Waals surface area (Å²) in [6.45, 7) is 4.22. The second-order valence-corrected chi connectivity index (χ2v) is 6.15. The average Bonchev–Trinajstić information content (AvgIpc) is 3.07. The Morgan fingerprint density at radius 3 is 2.70 bits per heavy atom. The first-order valence-corrected chi connectivity index (χ1v) is 9.09. The first-order chi connectivity index (χ1) is 13.2. The molecule has 0 saturated heterocycles. The molecule has 0 aliphatic carbocycles. The Kier molecular flexibility index (Phi) is 6.27. The van der Waals surface area contributed by atoms with Gasteiger partial charge in [0.2, 0.25) is 5.95 Å².